The van der Waals surface area contributed by atoms with Crippen LogP contribution in [0.1, 0.15) is 32.5 Å². The van der Waals surface area contributed by atoms with E-state index in [9.17, 15) is 13.2 Å². The molecular formula is C15H16F3N3. The molecular weight excluding hydrogens is 279 g/mol. The highest BCUT2D eigenvalue weighted by Crippen LogP contribution is 2.27. The lowest BCUT2D eigenvalue weighted by Gasteiger charge is -2.11. The Morgan fingerprint density at radius 3 is 2.43 bits per heavy atom. The summed E-state index contributed by atoms with van der Waals surface area (Å²) in [6.07, 6.45) is 0. The van der Waals surface area contributed by atoms with Gasteiger partial charge in [-0.1, -0.05) is 13.8 Å². The lowest BCUT2D eigenvalue weighted by atomic mass is 10.1. The number of aromatic nitrogens is 2. The Morgan fingerprint density at radius 1 is 1.10 bits per heavy atom. The van der Waals surface area contributed by atoms with Crippen LogP contribution in [0.5, 0.6) is 0 Å². The van der Waals surface area contributed by atoms with Crippen LogP contribution in [0, 0.1) is 17.5 Å². The van der Waals surface area contributed by atoms with Crippen molar-refractivity contribution in [3.63, 3.8) is 0 Å². The summed E-state index contributed by atoms with van der Waals surface area (Å²) in [5.74, 6) is -2.91. The first-order chi connectivity index (χ1) is 9.93. The van der Waals surface area contributed by atoms with E-state index in [4.69, 9.17) is 0 Å². The first-order valence-corrected chi connectivity index (χ1v) is 6.70. The average molecular weight is 295 g/mol. The van der Waals surface area contributed by atoms with Crippen molar-refractivity contribution in [2.45, 2.75) is 26.7 Å². The Labute approximate surface area is 121 Å². The molecule has 2 rings (SSSR count). The molecule has 112 valence electrons. The number of hydrogen-bond acceptors (Lipinski definition) is 3. The maximum Gasteiger partial charge on any atom is 0.195 e. The first kappa shape index (κ1) is 15.3. The molecule has 2 aromatic rings. The first-order valence-electron chi connectivity index (χ1n) is 6.70. The molecule has 0 unspecified atom stereocenters. The van der Waals surface area contributed by atoms with Crippen LogP contribution < -0.4 is 5.32 Å². The van der Waals surface area contributed by atoms with Crippen molar-refractivity contribution < 1.29 is 13.2 Å². The second kappa shape index (κ2) is 6.11. The Balaban J connectivity index is 2.60. The highest BCUT2D eigenvalue weighted by atomic mass is 19.2. The Hall–Kier alpha value is -2.11. The topological polar surface area (TPSA) is 37.8 Å². The number of nitrogens with zero attached hydrogens (tertiary/aromatic N) is 2. The summed E-state index contributed by atoms with van der Waals surface area (Å²) < 4.78 is 40.3. The van der Waals surface area contributed by atoms with Gasteiger partial charge in [-0.05, 0) is 19.1 Å². The lowest BCUT2D eigenvalue weighted by Crippen LogP contribution is -2.06. The van der Waals surface area contributed by atoms with Crippen molar-refractivity contribution in [1.29, 1.82) is 0 Å². The Morgan fingerprint density at radius 2 is 1.81 bits per heavy atom. The summed E-state index contributed by atoms with van der Waals surface area (Å²) in [5.41, 5.74) is 0.137. The van der Waals surface area contributed by atoms with E-state index in [2.05, 4.69) is 15.3 Å². The van der Waals surface area contributed by atoms with Gasteiger partial charge in [0, 0.05) is 24.1 Å². The fourth-order valence-corrected chi connectivity index (χ4v) is 1.86. The monoisotopic (exact) mass is 295 g/mol. The zero-order chi connectivity index (χ0) is 15.6. The van der Waals surface area contributed by atoms with E-state index in [1.54, 1.807) is 0 Å². The molecule has 0 radical (unpaired) electrons. The molecule has 6 heteroatoms. The molecule has 0 bridgehead atoms. The Bertz CT molecular complexity index is 657. The molecule has 1 heterocycles. The summed E-state index contributed by atoms with van der Waals surface area (Å²) >= 11 is 0. The molecule has 1 aromatic carbocycles. The van der Waals surface area contributed by atoms with E-state index in [1.165, 1.54) is 12.1 Å². The van der Waals surface area contributed by atoms with Gasteiger partial charge >= 0.3 is 0 Å². The molecule has 3 nitrogen and oxygen atoms in total. The Kier molecular flexibility index (Phi) is 4.45. The van der Waals surface area contributed by atoms with Gasteiger partial charge in [-0.15, -0.1) is 0 Å². The fourth-order valence-electron chi connectivity index (χ4n) is 1.86. The van der Waals surface area contributed by atoms with Crippen LogP contribution in [0.15, 0.2) is 18.2 Å². The van der Waals surface area contributed by atoms with Gasteiger partial charge in [0.05, 0.1) is 5.69 Å². The third-order valence-corrected chi connectivity index (χ3v) is 2.93. The van der Waals surface area contributed by atoms with Crippen LogP contribution in [-0.4, -0.2) is 16.5 Å². The van der Waals surface area contributed by atoms with Gasteiger partial charge in [-0.25, -0.2) is 23.1 Å². The maximum atomic E-state index is 13.9. The van der Waals surface area contributed by atoms with Crippen molar-refractivity contribution in [3.8, 4) is 11.3 Å². The fraction of sp³-hybridized carbons (Fsp3) is 0.333. The van der Waals surface area contributed by atoms with E-state index >= 15 is 0 Å². The smallest absolute Gasteiger partial charge is 0.195 e. The second-order valence-electron chi connectivity index (χ2n) is 4.90. The minimum absolute atomic E-state index is 0.0238. The molecule has 0 amide bonds. The molecule has 0 aliphatic heterocycles. The largest absolute Gasteiger partial charge is 0.370 e. The van der Waals surface area contributed by atoms with Gasteiger partial charge in [-0.2, -0.15) is 0 Å². The van der Waals surface area contributed by atoms with Gasteiger partial charge in [-0.3, -0.25) is 0 Å². The quantitative estimate of drug-likeness (QED) is 0.862. The predicted molar refractivity (Wildman–Crippen MR) is 75.6 cm³/mol. The maximum absolute atomic E-state index is 13.9. The van der Waals surface area contributed by atoms with E-state index in [-0.39, 0.29) is 17.2 Å². The summed E-state index contributed by atoms with van der Waals surface area (Å²) in [6.45, 7) is 6.33. The summed E-state index contributed by atoms with van der Waals surface area (Å²) in [4.78, 5) is 8.54. The molecule has 0 fully saturated rings. The van der Waals surface area contributed by atoms with Crippen molar-refractivity contribution >= 4 is 5.82 Å². The van der Waals surface area contributed by atoms with Crippen molar-refractivity contribution in [1.82, 2.24) is 9.97 Å². The van der Waals surface area contributed by atoms with E-state index in [0.29, 0.717) is 18.2 Å². The van der Waals surface area contributed by atoms with Crippen molar-refractivity contribution in [2.75, 3.05) is 11.9 Å². The van der Waals surface area contributed by atoms with Crippen LogP contribution >= 0.6 is 0 Å². The van der Waals surface area contributed by atoms with Crippen LogP contribution in [0.3, 0.4) is 0 Å². The number of hydrogen-bond donors (Lipinski definition) is 1. The molecule has 0 aliphatic rings. The molecule has 0 atom stereocenters. The normalized spacial score (nSPS) is 11.0. The highest BCUT2D eigenvalue weighted by molar-refractivity contribution is 5.63. The SMILES string of the molecule is CCNc1cc(-c2ccc(F)c(F)c2F)nc(C(C)C)n1. The van der Waals surface area contributed by atoms with E-state index in [1.807, 2.05) is 20.8 Å². The minimum Gasteiger partial charge on any atom is -0.370 e. The number of anilines is 1. The van der Waals surface area contributed by atoms with Gasteiger partial charge in [0.25, 0.3) is 0 Å². The van der Waals surface area contributed by atoms with Crippen molar-refractivity contribution in [2.24, 2.45) is 0 Å². The molecule has 0 spiro atoms. The zero-order valence-corrected chi connectivity index (χ0v) is 12.0. The van der Waals surface area contributed by atoms with Crippen LogP contribution in [0.25, 0.3) is 11.3 Å². The van der Waals surface area contributed by atoms with Crippen LogP contribution in [-0.2, 0) is 0 Å². The lowest BCUT2D eigenvalue weighted by molar-refractivity contribution is 0.448. The van der Waals surface area contributed by atoms with Gasteiger partial charge in [0.2, 0.25) is 0 Å². The molecule has 1 N–H and O–H groups in total. The molecule has 21 heavy (non-hydrogen) atoms. The van der Waals surface area contributed by atoms with Crippen molar-refractivity contribution in [3.05, 3.63) is 41.5 Å². The standard InChI is InChI=1S/C15H16F3N3/c1-4-19-12-7-11(20-15(21-12)8(2)3)9-5-6-10(16)14(18)13(9)17/h5-8H,4H2,1-3H3,(H,19,20,21). The predicted octanol–water partition coefficient (Wildman–Crippen LogP) is 4.12. The van der Waals surface area contributed by atoms with Gasteiger partial charge in [0.15, 0.2) is 17.5 Å². The second-order valence-corrected chi connectivity index (χ2v) is 4.90. The third kappa shape index (κ3) is 3.15. The zero-order valence-electron chi connectivity index (χ0n) is 12.0. The molecule has 0 aliphatic carbocycles. The molecule has 1 aromatic heterocycles. The van der Waals surface area contributed by atoms with Gasteiger partial charge < -0.3 is 5.32 Å². The van der Waals surface area contributed by atoms with E-state index < -0.39 is 17.5 Å². The highest BCUT2D eigenvalue weighted by Gasteiger charge is 2.17. The number of rotatable bonds is 4. The number of benzene rings is 1. The van der Waals surface area contributed by atoms with Crippen LogP contribution in [0.4, 0.5) is 19.0 Å². The van der Waals surface area contributed by atoms with Gasteiger partial charge in [0.1, 0.15) is 11.6 Å². The summed E-state index contributed by atoms with van der Waals surface area (Å²) in [5, 5.41) is 3.02. The third-order valence-electron chi connectivity index (χ3n) is 2.93. The van der Waals surface area contributed by atoms with E-state index in [0.717, 1.165) is 6.07 Å². The molecule has 0 saturated carbocycles. The molecule has 0 saturated heterocycles. The van der Waals surface area contributed by atoms with Crippen LogP contribution in [0.2, 0.25) is 0 Å². The summed E-state index contributed by atoms with van der Waals surface area (Å²) in [7, 11) is 0. The number of halogens is 3. The average Bonchev–Trinajstić information content (AvgIpc) is 2.45. The minimum atomic E-state index is -1.50. The summed E-state index contributed by atoms with van der Waals surface area (Å²) in [6, 6.07) is 3.58. The number of nitrogens with one attached hydrogen (secondary N) is 1.